The van der Waals surface area contributed by atoms with Crippen LogP contribution in [0.1, 0.15) is 47.8 Å². The Hall–Kier alpha value is -2.12. The zero-order valence-corrected chi connectivity index (χ0v) is 14.2. The molecule has 1 heterocycles. The minimum atomic E-state index is 0.696. The molecular formula is C19H20N2OS. The summed E-state index contributed by atoms with van der Waals surface area (Å²) in [4.78, 5) is 5.96. The fraction of sp³-hybridized carbons (Fsp3) is 0.368. The molecule has 23 heavy (non-hydrogen) atoms. The Kier molecular flexibility index (Phi) is 5.09. The lowest BCUT2D eigenvalue weighted by atomic mass is 9.96. The molecule has 0 fully saturated rings. The lowest BCUT2D eigenvalue weighted by molar-refractivity contribution is 0.317. The van der Waals surface area contributed by atoms with Gasteiger partial charge in [0.2, 0.25) is 0 Å². The van der Waals surface area contributed by atoms with Gasteiger partial charge in [-0.1, -0.05) is 19.1 Å². The molecule has 0 saturated heterocycles. The molecule has 0 amide bonds. The van der Waals surface area contributed by atoms with Crippen LogP contribution >= 0.6 is 11.3 Å². The summed E-state index contributed by atoms with van der Waals surface area (Å²) in [5.74, 6) is 0.845. The maximum atomic E-state index is 9.49. The first-order chi connectivity index (χ1) is 11.3. The van der Waals surface area contributed by atoms with Crippen molar-refractivity contribution in [3.63, 3.8) is 0 Å². The highest BCUT2D eigenvalue weighted by Crippen LogP contribution is 2.39. The van der Waals surface area contributed by atoms with Crippen molar-refractivity contribution in [2.24, 2.45) is 4.99 Å². The zero-order chi connectivity index (χ0) is 16.1. The SMILES string of the molecule is CCCOc1ccccc1C=Nc1sc2c(c1C#N)CCCC2. The van der Waals surface area contributed by atoms with Gasteiger partial charge in [-0.2, -0.15) is 5.26 Å². The molecule has 0 spiro atoms. The number of fused-ring (bicyclic) bond motifs is 1. The van der Waals surface area contributed by atoms with Gasteiger partial charge >= 0.3 is 0 Å². The number of hydrogen-bond acceptors (Lipinski definition) is 4. The van der Waals surface area contributed by atoms with Crippen LogP contribution in [0.3, 0.4) is 0 Å². The van der Waals surface area contributed by atoms with Crippen molar-refractivity contribution in [3.05, 3.63) is 45.8 Å². The molecule has 3 nitrogen and oxygen atoms in total. The van der Waals surface area contributed by atoms with Gasteiger partial charge in [0, 0.05) is 16.7 Å². The van der Waals surface area contributed by atoms with Crippen LogP contribution in [0.4, 0.5) is 5.00 Å². The van der Waals surface area contributed by atoms with E-state index in [1.54, 1.807) is 11.3 Å². The molecule has 0 aliphatic heterocycles. The van der Waals surface area contributed by atoms with Crippen molar-refractivity contribution in [3.8, 4) is 11.8 Å². The number of rotatable bonds is 5. The van der Waals surface area contributed by atoms with Crippen molar-refractivity contribution in [2.45, 2.75) is 39.0 Å². The fourth-order valence-electron chi connectivity index (χ4n) is 2.82. The topological polar surface area (TPSA) is 45.4 Å². The third-order valence-electron chi connectivity index (χ3n) is 3.97. The van der Waals surface area contributed by atoms with Gasteiger partial charge in [0.15, 0.2) is 0 Å². The summed E-state index contributed by atoms with van der Waals surface area (Å²) in [6.07, 6.45) is 7.29. The van der Waals surface area contributed by atoms with E-state index in [0.29, 0.717) is 6.61 Å². The highest BCUT2D eigenvalue weighted by molar-refractivity contribution is 7.16. The summed E-state index contributed by atoms with van der Waals surface area (Å²) in [7, 11) is 0. The summed E-state index contributed by atoms with van der Waals surface area (Å²) in [6.45, 7) is 2.79. The Morgan fingerprint density at radius 1 is 1.30 bits per heavy atom. The number of thiophene rings is 1. The molecule has 0 unspecified atom stereocenters. The molecule has 0 radical (unpaired) electrons. The minimum absolute atomic E-state index is 0.696. The van der Waals surface area contributed by atoms with Gasteiger partial charge < -0.3 is 4.74 Å². The van der Waals surface area contributed by atoms with Gasteiger partial charge in [-0.25, -0.2) is 4.99 Å². The standard InChI is InChI=1S/C19H20N2OS/c1-2-11-22-17-9-5-3-7-14(17)13-21-19-16(12-20)15-8-4-6-10-18(15)23-19/h3,5,7,9,13H,2,4,6,8,10-11H2,1H3. The Balaban J connectivity index is 1.89. The number of aliphatic imine (C=N–C) groups is 1. The Bertz CT molecular complexity index is 755. The van der Waals surface area contributed by atoms with E-state index in [1.165, 1.54) is 23.3 Å². The fourth-order valence-corrected chi connectivity index (χ4v) is 4.00. The normalized spacial score (nSPS) is 13.7. The zero-order valence-electron chi connectivity index (χ0n) is 13.3. The lowest BCUT2D eigenvalue weighted by Crippen LogP contribution is -1.99. The maximum absolute atomic E-state index is 9.49. The van der Waals surface area contributed by atoms with Crippen molar-refractivity contribution in [2.75, 3.05) is 6.61 Å². The number of nitriles is 1. The van der Waals surface area contributed by atoms with Crippen LogP contribution in [0.5, 0.6) is 5.75 Å². The molecule has 1 aromatic carbocycles. The van der Waals surface area contributed by atoms with Crippen LogP contribution in [-0.2, 0) is 12.8 Å². The number of hydrogen-bond donors (Lipinski definition) is 0. The second kappa shape index (κ2) is 7.43. The van der Waals surface area contributed by atoms with E-state index in [4.69, 9.17) is 4.74 Å². The number of aryl methyl sites for hydroxylation is 1. The second-order valence-electron chi connectivity index (χ2n) is 5.65. The lowest BCUT2D eigenvalue weighted by Gasteiger charge is -2.09. The Labute approximate surface area is 141 Å². The predicted octanol–water partition coefficient (Wildman–Crippen LogP) is 5.04. The van der Waals surface area contributed by atoms with E-state index >= 15 is 0 Å². The molecule has 118 valence electrons. The van der Waals surface area contributed by atoms with Gasteiger partial charge in [0.1, 0.15) is 16.8 Å². The van der Waals surface area contributed by atoms with E-state index in [1.807, 2.05) is 30.5 Å². The van der Waals surface area contributed by atoms with E-state index in [2.05, 4.69) is 18.0 Å². The molecule has 0 saturated carbocycles. The largest absolute Gasteiger partial charge is 0.493 e. The van der Waals surface area contributed by atoms with Crippen molar-refractivity contribution in [1.29, 1.82) is 5.26 Å². The first-order valence-electron chi connectivity index (χ1n) is 8.14. The number of ether oxygens (including phenoxy) is 1. The Morgan fingerprint density at radius 2 is 2.13 bits per heavy atom. The Morgan fingerprint density at radius 3 is 2.96 bits per heavy atom. The number of para-hydroxylation sites is 1. The number of nitrogens with zero attached hydrogens (tertiary/aromatic N) is 2. The summed E-state index contributed by atoms with van der Waals surface area (Å²) in [5.41, 5.74) is 2.95. The van der Waals surface area contributed by atoms with Crippen LogP contribution in [0.2, 0.25) is 0 Å². The van der Waals surface area contributed by atoms with Crippen LogP contribution in [0, 0.1) is 11.3 Å². The summed E-state index contributed by atoms with van der Waals surface area (Å²) >= 11 is 1.67. The van der Waals surface area contributed by atoms with E-state index < -0.39 is 0 Å². The molecule has 0 N–H and O–H groups in total. The van der Waals surface area contributed by atoms with Crippen molar-refractivity contribution < 1.29 is 4.74 Å². The minimum Gasteiger partial charge on any atom is -0.493 e. The third kappa shape index (κ3) is 3.46. The van der Waals surface area contributed by atoms with E-state index in [-0.39, 0.29) is 0 Å². The monoisotopic (exact) mass is 324 g/mol. The molecule has 4 heteroatoms. The average Bonchev–Trinajstić information content (AvgIpc) is 2.96. The first-order valence-corrected chi connectivity index (χ1v) is 8.95. The van der Waals surface area contributed by atoms with Gasteiger partial charge in [-0.05, 0) is 49.8 Å². The molecule has 0 atom stereocenters. The van der Waals surface area contributed by atoms with Gasteiger partial charge in [0.05, 0.1) is 12.2 Å². The molecule has 1 aliphatic rings. The van der Waals surface area contributed by atoms with Gasteiger partial charge in [-0.3, -0.25) is 0 Å². The molecule has 3 rings (SSSR count). The first kappa shape index (κ1) is 15.8. The quantitative estimate of drug-likeness (QED) is 0.723. The summed E-state index contributed by atoms with van der Waals surface area (Å²) in [6, 6.07) is 10.3. The second-order valence-corrected chi connectivity index (χ2v) is 6.73. The highest BCUT2D eigenvalue weighted by Gasteiger charge is 2.20. The van der Waals surface area contributed by atoms with Crippen LogP contribution < -0.4 is 4.74 Å². The van der Waals surface area contributed by atoms with E-state index in [9.17, 15) is 5.26 Å². The smallest absolute Gasteiger partial charge is 0.134 e. The molecule has 1 aromatic heterocycles. The average molecular weight is 324 g/mol. The van der Waals surface area contributed by atoms with Gasteiger partial charge in [0.25, 0.3) is 0 Å². The van der Waals surface area contributed by atoms with Crippen LogP contribution in [-0.4, -0.2) is 12.8 Å². The maximum Gasteiger partial charge on any atom is 0.134 e. The molecular weight excluding hydrogens is 304 g/mol. The molecule has 1 aliphatic carbocycles. The summed E-state index contributed by atoms with van der Waals surface area (Å²) in [5, 5.41) is 10.3. The third-order valence-corrected chi connectivity index (χ3v) is 5.17. The van der Waals surface area contributed by atoms with Crippen LogP contribution in [0.25, 0.3) is 0 Å². The van der Waals surface area contributed by atoms with Gasteiger partial charge in [-0.15, -0.1) is 11.3 Å². The van der Waals surface area contributed by atoms with Crippen molar-refractivity contribution >= 4 is 22.6 Å². The molecule has 2 aromatic rings. The molecule has 0 bridgehead atoms. The van der Waals surface area contributed by atoms with E-state index in [0.717, 1.165) is 41.1 Å². The highest BCUT2D eigenvalue weighted by atomic mass is 32.1. The number of benzene rings is 1. The van der Waals surface area contributed by atoms with Crippen LogP contribution in [0.15, 0.2) is 29.3 Å². The summed E-state index contributed by atoms with van der Waals surface area (Å²) < 4.78 is 5.76. The predicted molar refractivity (Wildman–Crippen MR) is 95.2 cm³/mol. The van der Waals surface area contributed by atoms with Crippen molar-refractivity contribution in [1.82, 2.24) is 0 Å².